The van der Waals surface area contributed by atoms with E-state index in [1.165, 1.54) is 0 Å². The molecule has 0 spiro atoms. The highest BCUT2D eigenvalue weighted by molar-refractivity contribution is 7.08. The van der Waals surface area contributed by atoms with E-state index in [1.807, 2.05) is 35.0 Å². The van der Waals surface area contributed by atoms with Crippen molar-refractivity contribution in [2.24, 2.45) is 0 Å². The smallest absolute Gasteiger partial charge is 0.289 e. The summed E-state index contributed by atoms with van der Waals surface area (Å²) in [5.41, 5.74) is 1.51. The highest BCUT2D eigenvalue weighted by atomic mass is 32.1. The van der Waals surface area contributed by atoms with E-state index in [0.29, 0.717) is 41.9 Å². The number of hydrogen-bond acceptors (Lipinski definition) is 7. The van der Waals surface area contributed by atoms with E-state index in [2.05, 4.69) is 10.1 Å². The van der Waals surface area contributed by atoms with Crippen molar-refractivity contribution in [2.75, 3.05) is 20.2 Å². The molecule has 1 aromatic carbocycles. The Balaban J connectivity index is 1.34. The molecule has 0 N–H and O–H groups in total. The lowest BCUT2D eigenvalue weighted by Crippen LogP contribution is -2.28. The number of fused-ring (bicyclic) bond motifs is 1. The number of carbonyl (C=O) groups is 1. The zero-order valence-electron chi connectivity index (χ0n) is 15.1. The summed E-state index contributed by atoms with van der Waals surface area (Å²) < 4.78 is 16.5. The normalized spacial score (nSPS) is 16.8. The Morgan fingerprint density at radius 2 is 2.29 bits per heavy atom. The van der Waals surface area contributed by atoms with Crippen molar-refractivity contribution in [2.45, 2.75) is 12.3 Å². The van der Waals surface area contributed by atoms with E-state index in [1.54, 1.807) is 29.4 Å². The molecule has 7 nitrogen and oxygen atoms in total. The van der Waals surface area contributed by atoms with Crippen molar-refractivity contribution in [3.05, 3.63) is 52.7 Å². The van der Waals surface area contributed by atoms with Gasteiger partial charge >= 0.3 is 0 Å². The van der Waals surface area contributed by atoms with Crippen LogP contribution in [0.5, 0.6) is 5.75 Å². The Hall–Kier alpha value is -3.13. The number of nitrogens with zero attached hydrogens (tertiary/aromatic N) is 3. The number of furan rings is 1. The zero-order chi connectivity index (χ0) is 19.1. The van der Waals surface area contributed by atoms with Crippen molar-refractivity contribution >= 4 is 28.2 Å². The molecule has 8 heteroatoms. The first-order chi connectivity index (χ1) is 13.7. The molecule has 4 aromatic rings. The molecule has 4 heterocycles. The van der Waals surface area contributed by atoms with Gasteiger partial charge in [0.1, 0.15) is 0 Å². The number of hydrogen-bond donors (Lipinski definition) is 0. The molecule has 1 atom stereocenters. The van der Waals surface area contributed by atoms with E-state index >= 15 is 0 Å². The summed E-state index contributed by atoms with van der Waals surface area (Å²) in [6, 6.07) is 9.29. The summed E-state index contributed by atoms with van der Waals surface area (Å²) in [7, 11) is 1.58. The first-order valence-electron chi connectivity index (χ1n) is 8.95. The van der Waals surface area contributed by atoms with Crippen LogP contribution >= 0.6 is 11.3 Å². The average Bonchev–Trinajstić information content (AvgIpc) is 3.50. The van der Waals surface area contributed by atoms with Gasteiger partial charge in [0.15, 0.2) is 22.9 Å². The van der Waals surface area contributed by atoms with Crippen molar-refractivity contribution in [3.8, 4) is 17.2 Å². The second-order valence-corrected chi connectivity index (χ2v) is 7.48. The number of rotatable bonds is 4. The Bertz CT molecular complexity index is 1130. The fourth-order valence-electron chi connectivity index (χ4n) is 3.52. The number of benzene rings is 1. The summed E-state index contributed by atoms with van der Waals surface area (Å²) in [4.78, 5) is 19.2. The van der Waals surface area contributed by atoms with Gasteiger partial charge in [-0.05, 0) is 30.0 Å². The number of methoxy groups -OCH3 is 1. The quantitative estimate of drug-likeness (QED) is 0.516. The van der Waals surface area contributed by atoms with Crippen LogP contribution in [0.25, 0.3) is 22.4 Å². The fourth-order valence-corrected chi connectivity index (χ4v) is 4.15. The van der Waals surface area contributed by atoms with Crippen LogP contribution in [0.4, 0.5) is 0 Å². The van der Waals surface area contributed by atoms with Gasteiger partial charge < -0.3 is 18.6 Å². The molecule has 1 aliphatic heterocycles. The van der Waals surface area contributed by atoms with E-state index < -0.39 is 0 Å². The van der Waals surface area contributed by atoms with Gasteiger partial charge in [0.2, 0.25) is 0 Å². The standard InChI is InChI=1S/C20H17N3O4S/c1-25-15-4-2-3-12-9-16(26-17(12)15)20(24)23-7-5-13(10-23)18-21-19(27-22-18)14-6-8-28-11-14/h2-4,6,8-9,11,13H,5,7,10H2,1H3/t13-/m1/s1. The average molecular weight is 395 g/mol. The Morgan fingerprint density at radius 3 is 3.11 bits per heavy atom. The van der Waals surface area contributed by atoms with Gasteiger partial charge in [0.05, 0.1) is 12.7 Å². The molecule has 0 aliphatic carbocycles. The lowest BCUT2D eigenvalue weighted by atomic mass is 10.1. The molecule has 1 fully saturated rings. The first-order valence-corrected chi connectivity index (χ1v) is 9.89. The number of likely N-dealkylation sites (tertiary alicyclic amines) is 1. The molecule has 28 heavy (non-hydrogen) atoms. The van der Waals surface area contributed by atoms with Crippen LogP contribution in [-0.2, 0) is 0 Å². The number of carbonyl (C=O) groups excluding carboxylic acids is 1. The van der Waals surface area contributed by atoms with Crippen LogP contribution < -0.4 is 4.74 Å². The maximum absolute atomic E-state index is 12.9. The number of ether oxygens (including phenoxy) is 1. The van der Waals surface area contributed by atoms with Crippen LogP contribution in [0.2, 0.25) is 0 Å². The molecule has 3 aromatic heterocycles. The summed E-state index contributed by atoms with van der Waals surface area (Å²) in [5.74, 6) is 2.00. The molecule has 142 valence electrons. The third-order valence-corrected chi connectivity index (χ3v) is 5.67. The summed E-state index contributed by atoms with van der Waals surface area (Å²) in [6.07, 6.45) is 0.790. The predicted octanol–water partition coefficient (Wildman–Crippen LogP) is 4.18. The molecule has 5 rings (SSSR count). The second kappa shape index (κ2) is 6.79. The van der Waals surface area contributed by atoms with E-state index in [4.69, 9.17) is 13.7 Å². The molecule has 0 bridgehead atoms. The van der Waals surface area contributed by atoms with Crippen molar-refractivity contribution < 1.29 is 18.5 Å². The molecule has 1 amide bonds. The number of aromatic nitrogens is 2. The first kappa shape index (κ1) is 17.0. The van der Waals surface area contributed by atoms with Crippen molar-refractivity contribution in [1.29, 1.82) is 0 Å². The van der Waals surface area contributed by atoms with Crippen LogP contribution in [0.1, 0.15) is 28.7 Å². The molecule has 1 saturated heterocycles. The minimum Gasteiger partial charge on any atom is -0.493 e. The minimum absolute atomic E-state index is 0.0546. The summed E-state index contributed by atoms with van der Waals surface area (Å²) in [6.45, 7) is 1.16. The number of thiophene rings is 1. The Kier molecular flexibility index (Phi) is 4.12. The largest absolute Gasteiger partial charge is 0.493 e. The van der Waals surface area contributed by atoms with Crippen LogP contribution in [-0.4, -0.2) is 41.1 Å². The van der Waals surface area contributed by atoms with Gasteiger partial charge in [-0.2, -0.15) is 16.3 Å². The number of para-hydroxylation sites is 1. The summed E-state index contributed by atoms with van der Waals surface area (Å²) >= 11 is 1.58. The van der Waals surface area contributed by atoms with Crippen LogP contribution in [0.15, 0.2) is 50.0 Å². The third kappa shape index (κ3) is 2.86. The highest BCUT2D eigenvalue weighted by Gasteiger charge is 2.32. The van der Waals surface area contributed by atoms with Crippen LogP contribution in [0.3, 0.4) is 0 Å². The number of amides is 1. The van der Waals surface area contributed by atoms with Gasteiger partial charge in [-0.15, -0.1) is 0 Å². The Labute approximate surface area is 164 Å². The van der Waals surface area contributed by atoms with Gasteiger partial charge in [0, 0.05) is 29.8 Å². The molecule has 1 aliphatic rings. The maximum Gasteiger partial charge on any atom is 0.289 e. The molecule has 0 saturated carbocycles. The third-order valence-electron chi connectivity index (χ3n) is 4.99. The molecular weight excluding hydrogens is 378 g/mol. The SMILES string of the molecule is COc1cccc2cc(C(=O)N3CC[C@@H](c4noc(-c5ccsc5)n4)C3)oc12. The van der Waals surface area contributed by atoms with Gasteiger partial charge in [-0.1, -0.05) is 17.3 Å². The second-order valence-electron chi connectivity index (χ2n) is 6.70. The maximum atomic E-state index is 12.9. The fraction of sp³-hybridized carbons (Fsp3) is 0.250. The van der Waals surface area contributed by atoms with Gasteiger partial charge in [-0.3, -0.25) is 4.79 Å². The zero-order valence-corrected chi connectivity index (χ0v) is 15.9. The monoisotopic (exact) mass is 395 g/mol. The lowest BCUT2D eigenvalue weighted by molar-refractivity contribution is 0.0761. The topological polar surface area (TPSA) is 81.6 Å². The van der Waals surface area contributed by atoms with Crippen LogP contribution in [0, 0.1) is 0 Å². The molecule has 0 radical (unpaired) electrons. The highest BCUT2D eigenvalue weighted by Crippen LogP contribution is 2.32. The minimum atomic E-state index is -0.137. The van der Waals surface area contributed by atoms with E-state index in [0.717, 1.165) is 17.4 Å². The van der Waals surface area contributed by atoms with Gasteiger partial charge in [0.25, 0.3) is 11.8 Å². The Morgan fingerprint density at radius 1 is 1.36 bits per heavy atom. The predicted molar refractivity (Wildman–Crippen MR) is 104 cm³/mol. The summed E-state index contributed by atoms with van der Waals surface area (Å²) in [5, 5.41) is 8.90. The van der Waals surface area contributed by atoms with Crippen molar-refractivity contribution in [1.82, 2.24) is 15.0 Å². The van der Waals surface area contributed by atoms with Crippen molar-refractivity contribution in [3.63, 3.8) is 0 Å². The van der Waals surface area contributed by atoms with E-state index in [9.17, 15) is 4.79 Å². The molecule has 0 unspecified atom stereocenters. The van der Waals surface area contributed by atoms with Gasteiger partial charge in [-0.25, -0.2) is 0 Å². The van der Waals surface area contributed by atoms with E-state index in [-0.39, 0.29) is 11.8 Å². The lowest BCUT2D eigenvalue weighted by Gasteiger charge is -2.13. The molecular formula is C20H17N3O4S.